The number of benzene rings is 2. The summed E-state index contributed by atoms with van der Waals surface area (Å²) in [6.07, 6.45) is 4.46. The number of carboxylic acids is 1. The van der Waals surface area contributed by atoms with E-state index < -0.39 is 17.6 Å². The van der Waals surface area contributed by atoms with Gasteiger partial charge in [-0.3, -0.25) is 9.59 Å². The van der Waals surface area contributed by atoms with Gasteiger partial charge >= 0.3 is 12.1 Å². The van der Waals surface area contributed by atoms with E-state index in [4.69, 9.17) is 4.74 Å². The minimum absolute atomic E-state index is 0.00449. The van der Waals surface area contributed by atoms with Crippen LogP contribution in [0.3, 0.4) is 0 Å². The van der Waals surface area contributed by atoms with Crippen molar-refractivity contribution in [2.75, 3.05) is 13.2 Å². The van der Waals surface area contributed by atoms with Crippen LogP contribution in [0.15, 0.2) is 48.5 Å². The Kier molecular flexibility index (Phi) is 7.50. The molecule has 0 bridgehead atoms. The molecule has 0 saturated heterocycles. The van der Waals surface area contributed by atoms with Gasteiger partial charge in [-0.25, -0.2) is 4.79 Å². The van der Waals surface area contributed by atoms with Gasteiger partial charge in [0.25, 0.3) is 0 Å². The van der Waals surface area contributed by atoms with Gasteiger partial charge in [0, 0.05) is 18.9 Å². The summed E-state index contributed by atoms with van der Waals surface area (Å²) in [5.41, 5.74) is 4.03. The molecule has 1 fully saturated rings. The molecule has 0 spiro atoms. The van der Waals surface area contributed by atoms with Crippen molar-refractivity contribution in [3.8, 4) is 11.1 Å². The molecule has 0 atom stereocenters. The zero-order chi connectivity index (χ0) is 24.0. The van der Waals surface area contributed by atoms with Gasteiger partial charge in [0.05, 0.1) is 12.0 Å². The number of carbonyl (C=O) groups excluding carboxylic acids is 2. The molecule has 0 unspecified atom stereocenters. The van der Waals surface area contributed by atoms with E-state index in [1.807, 2.05) is 24.3 Å². The molecule has 2 aromatic carbocycles. The minimum atomic E-state index is -0.890. The maximum absolute atomic E-state index is 12.4. The summed E-state index contributed by atoms with van der Waals surface area (Å²) in [6.45, 7) is 0.564. The van der Waals surface area contributed by atoms with Crippen molar-refractivity contribution in [3.63, 3.8) is 0 Å². The second-order valence-corrected chi connectivity index (χ2v) is 9.32. The van der Waals surface area contributed by atoms with Crippen LogP contribution in [0, 0.1) is 0 Å². The first-order valence-corrected chi connectivity index (χ1v) is 12.1. The van der Waals surface area contributed by atoms with E-state index in [9.17, 15) is 19.5 Å². The molecule has 4 rings (SSSR count). The molecule has 0 radical (unpaired) electrons. The molecule has 2 aliphatic rings. The number of carboxylic acid groups (broad SMARTS) is 1. The molecule has 7 nitrogen and oxygen atoms in total. The van der Waals surface area contributed by atoms with Gasteiger partial charge in [-0.15, -0.1) is 0 Å². The van der Waals surface area contributed by atoms with Crippen LogP contribution in [0.5, 0.6) is 0 Å². The first kappa shape index (κ1) is 23.8. The highest BCUT2D eigenvalue weighted by molar-refractivity contribution is 5.79. The lowest BCUT2D eigenvalue weighted by Gasteiger charge is -2.37. The van der Waals surface area contributed by atoms with Crippen molar-refractivity contribution in [3.05, 3.63) is 59.7 Å². The highest BCUT2D eigenvalue weighted by Gasteiger charge is 2.35. The fraction of sp³-hybridized carbons (Fsp3) is 0.444. The third kappa shape index (κ3) is 5.58. The number of fused-ring (bicyclic) bond motifs is 3. The van der Waals surface area contributed by atoms with Gasteiger partial charge in [0.1, 0.15) is 6.61 Å². The van der Waals surface area contributed by atoms with E-state index >= 15 is 0 Å². The third-order valence-electron chi connectivity index (χ3n) is 6.90. The smallest absolute Gasteiger partial charge is 0.407 e. The van der Waals surface area contributed by atoms with Crippen LogP contribution in [0.25, 0.3) is 11.1 Å². The third-order valence-corrected chi connectivity index (χ3v) is 6.90. The second-order valence-electron chi connectivity index (χ2n) is 9.32. The standard InChI is InChI=1S/C27H32N2O5/c30-24(29-27(17-25(31)32)14-6-1-7-15-27)13-8-16-28-26(33)34-18-23-21-11-4-2-9-19(21)20-10-3-5-12-22(20)23/h2-5,9-12,23H,1,6-8,13-18H2,(H,28,33)(H,29,30)(H,31,32). The maximum atomic E-state index is 12.4. The number of hydrogen-bond acceptors (Lipinski definition) is 4. The molecule has 34 heavy (non-hydrogen) atoms. The van der Waals surface area contributed by atoms with Crippen LogP contribution < -0.4 is 10.6 Å². The maximum Gasteiger partial charge on any atom is 0.407 e. The lowest BCUT2D eigenvalue weighted by molar-refractivity contribution is -0.139. The van der Waals surface area contributed by atoms with Gasteiger partial charge in [0.15, 0.2) is 0 Å². The normalized spacial score (nSPS) is 16.2. The van der Waals surface area contributed by atoms with E-state index in [1.54, 1.807) is 0 Å². The summed E-state index contributed by atoms with van der Waals surface area (Å²) in [4.78, 5) is 36.0. The number of nitrogens with one attached hydrogen (secondary N) is 2. The van der Waals surface area contributed by atoms with Crippen LogP contribution in [-0.2, 0) is 14.3 Å². The molecule has 0 aliphatic heterocycles. The Labute approximate surface area is 199 Å². The van der Waals surface area contributed by atoms with Gasteiger partial charge in [-0.1, -0.05) is 67.8 Å². The van der Waals surface area contributed by atoms with Crippen LogP contribution in [0.1, 0.15) is 68.4 Å². The average Bonchev–Trinajstić information content (AvgIpc) is 3.14. The van der Waals surface area contributed by atoms with Crippen molar-refractivity contribution < 1.29 is 24.2 Å². The summed E-state index contributed by atoms with van der Waals surface area (Å²) in [5.74, 6) is -1.05. The number of rotatable bonds is 9. The highest BCUT2D eigenvalue weighted by atomic mass is 16.5. The molecule has 180 valence electrons. The molecule has 2 aromatic rings. The van der Waals surface area contributed by atoms with Gasteiger partial charge in [0.2, 0.25) is 5.91 Å². The zero-order valence-corrected chi connectivity index (χ0v) is 19.3. The molecule has 3 N–H and O–H groups in total. The first-order valence-electron chi connectivity index (χ1n) is 12.1. The summed E-state index contributed by atoms with van der Waals surface area (Å²) in [7, 11) is 0. The van der Waals surface area contributed by atoms with E-state index in [0.717, 1.165) is 30.4 Å². The summed E-state index contributed by atoms with van der Waals surface area (Å²) < 4.78 is 5.51. The SMILES string of the molecule is O=C(O)CC1(NC(=O)CCCNC(=O)OCC2c3ccccc3-c3ccccc32)CCCCC1. The number of aliphatic carboxylic acids is 1. The lowest BCUT2D eigenvalue weighted by atomic mass is 9.79. The average molecular weight is 465 g/mol. The quantitative estimate of drug-likeness (QED) is 0.471. The van der Waals surface area contributed by atoms with Gasteiger partial charge < -0.3 is 20.5 Å². The number of alkyl carbamates (subject to hydrolysis) is 1. The van der Waals surface area contributed by atoms with E-state index in [0.29, 0.717) is 25.8 Å². The van der Waals surface area contributed by atoms with Crippen molar-refractivity contribution >= 4 is 18.0 Å². The minimum Gasteiger partial charge on any atom is -0.481 e. The van der Waals surface area contributed by atoms with Crippen LogP contribution in [0.4, 0.5) is 4.79 Å². The van der Waals surface area contributed by atoms with E-state index in [-0.39, 0.29) is 31.3 Å². The molecule has 2 aliphatic carbocycles. The van der Waals surface area contributed by atoms with Crippen LogP contribution >= 0.6 is 0 Å². The Balaban J connectivity index is 1.21. The van der Waals surface area contributed by atoms with Crippen LogP contribution in [0.2, 0.25) is 0 Å². The van der Waals surface area contributed by atoms with Crippen molar-refractivity contribution in [1.82, 2.24) is 10.6 Å². The molecular formula is C27H32N2O5. The van der Waals surface area contributed by atoms with E-state index in [1.165, 1.54) is 11.1 Å². The molecule has 1 saturated carbocycles. The zero-order valence-electron chi connectivity index (χ0n) is 19.3. The van der Waals surface area contributed by atoms with Gasteiger partial charge in [-0.05, 0) is 41.5 Å². The number of ether oxygens (including phenoxy) is 1. The topological polar surface area (TPSA) is 105 Å². The summed E-state index contributed by atoms with van der Waals surface area (Å²) in [5, 5.41) is 14.9. The molecule has 0 aromatic heterocycles. The predicted octanol–water partition coefficient (Wildman–Crippen LogP) is 4.60. The van der Waals surface area contributed by atoms with Crippen molar-refractivity contribution in [1.29, 1.82) is 0 Å². The molecule has 7 heteroatoms. The number of hydrogen-bond donors (Lipinski definition) is 3. The molecule has 2 amide bonds. The predicted molar refractivity (Wildman–Crippen MR) is 129 cm³/mol. The fourth-order valence-corrected chi connectivity index (χ4v) is 5.31. The van der Waals surface area contributed by atoms with E-state index in [2.05, 4.69) is 34.9 Å². The highest BCUT2D eigenvalue weighted by Crippen LogP contribution is 2.44. The molecular weight excluding hydrogens is 432 g/mol. The first-order chi connectivity index (χ1) is 16.5. The Hall–Kier alpha value is -3.35. The molecule has 0 heterocycles. The van der Waals surface area contributed by atoms with Crippen molar-refractivity contribution in [2.24, 2.45) is 0 Å². The Morgan fingerprint density at radius 2 is 1.56 bits per heavy atom. The lowest BCUT2D eigenvalue weighted by Crippen LogP contribution is -2.51. The van der Waals surface area contributed by atoms with Gasteiger partial charge in [-0.2, -0.15) is 0 Å². The monoisotopic (exact) mass is 464 g/mol. The Bertz CT molecular complexity index is 999. The largest absolute Gasteiger partial charge is 0.481 e. The second kappa shape index (κ2) is 10.7. The summed E-state index contributed by atoms with van der Waals surface area (Å²) in [6, 6.07) is 16.3. The Morgan fingerprint density at radius 3 is 2.18 bits per heavy atom. The Morgan fingerprint density at radius 1 is 0.941 bits per heavy atom. The van der Waals surface area contributed by atoms with Crippen molar-refractivity contribution in [2.45, 2.75) is 62.8 Å². The fourth-order valence-electron chi connectivity index (χ4n) is 5.31. The number of carbonyl (C=O) groups is 3. The van der Waals surface area contributed by atoms with Crippen LogP contribution in [-0.4, -0.2) is 41.8 Å². The summed E-state index contributed by atoms with van der Waals surface area (Å²) >= 11 is 0. The number of amides is 2.